The van der Waals surface area contributed by atoms with E-state index in [4.69, 9.17) is 0 Å². The van der Waals surface area contributed by atoms with Gasteiger partial charge in [-0.3, -0.25) is 4.79 Å². The molecular weight excluding hydrogens is 346 g/mol. The topological polar surface area (TPSA) is 61.4 Å². The highest BCUT2D eigenvalue weighted by Crippen LogP contribution is 2.25. The summed E-state index contributed by atoms with van der Waals surface area (Å²) in [5.41, 5.74) is 0.961. The highest BCUT2D eigenvalue weighted by Gasteiger charge is 2.26. The molecule has 0 saturated carbocycles. The summed E-state index contributed by atoms with van der Waals surface area (Å²) >= 11 is 1.68. The summed E-state index contributed by atoms with van der Waals surface area (Å²) in [4.78, 5) is 26.3. The lowest BCUT2D eigenvalue weighted by molar-refractivity contribution is -0.125. The number of aromatic nitrogens is 2. The van der Waals surface area contributed by atoms with Gasteiger partial charge in [0.15, 0.2) is 5.13 Å². The zero-order chi connectivity index (χ0) is 17.8. The van der Waals surface area contributed by atoms with Gasteiger partial charge in [-0.25, -0.2) is 9.97 Å². The van der Waals surface area contributed by atoms with Gasteiger partial charge >= 0.3 is 0 Å². The van der Waals surface area contributed by atoms with Crippen LogP contribution >= 0.6 is 11.3 Å². The van der Waals surface area contributed by atoms with Crippen LogP contribution in [0.4, 0.5) is 10.9 Å². The fraction of sp³-hybridized carbons (Fsp3) is 0.526. The maximum atomic E-state index is 12.6. The summed E-state index contributed by atoms with van der Waals surface area (Å²) in [6, 6.07) is 5.92. The number of hydrogen-bond acceptors (Lipinski definition) is 6. The molecule has 4 heterocycles. The SMILES string of the molecule is O=C(NCc1csc(N2CCCC2)n1)C1CCCN(c2ccccn2)C1. The van der Waals surface area contributed by atoms with Crippen LogP contribution in [0.15, 0.2) is 29.8 Å². The lowest BCUT2D eigenvalue weighted by Crippen LogP contribution is -2.43. The van der Waals surface area contributed by atoms with E-state index in [1.54, 1.807) is 17.5 Å². The number of thiazole rings is 1. The number of carbonyl (C=O) groups is 1. The molecule has 1 unspecified atom stereocenters. The van der Waals surface area contributed by atoms with Crippen molar-refractivity contribution >= 4 is 28.2 Å². The molecule has 6 nitrogen and oxygen atoms in total. The van der Waals surface area contributed by atoms with Crippen LogP contribution in [0.3, 0.4) is 0 Å². The molecule has 1 N–H and O–H groups in total. The summed E-state index contributed by atoms with van der Waals surface area (Å²) in [6.07, 6.45) is 6.26. The number of rotatable bonds is 5. The quantitative estimate of drug-likeness (QED) is 0.876. The van der Waals surface area contributed by atoms with Gasteiger partial charge in [-0.2, -0.15) is 0 Å². The fourth-order valence-corrected chi connectivity index (χ4v) is 4.57. The third-order valence-corrected chi connectivity index (χ3v) is 6.08. The zero-order valence-corrected chi connectivity index (χ0v) is 15.7. The first-order valence-electron chi connectivity index (χ1n) is 9.42. The summed E-state index contributed by atoms with van der Waals surface area (Å²) in [5, 5.41) is 6.24. The van der Waals surface area contributed by atoms with Crippen LogP contribution in [0, 0.1) is 5.92 Å². The highest BCUT2D eigenvalue weighted by atomic mass is 32.1. The Morgan fingerprint density at radius 1 is 1.19 bits per heavy atom. The Morgan fingerprint density at radius 2 is 2.04 bits per heavy atom. The second kappa shape index (κ2) is 8.03. The fourth-order valence-electron chi connectivity index (χ4n) is 3.69. The molecule has 2 aliphatic heterocycles. The van der Waals surface area contributed by atoms with Gasteiger partial charge in [-0.1, -0.05) is 6.07 Å². The maximum absolute atomic E-state index is 12.6. The summed E-state index contributed by atoms with van der Waals surface area (Å²) in [6.45, 7) is 4.42. The minimum absolute atomic E-state index is 0.0162. The Hall–Kier alpha value is -2.15. The van der Waals surface area contributed by atoms with Crippen LogP contribution in [0.25, 0.3) is 0 Å². The van der Waals surface area contributed by atoms with Crippen molar-refractivity contribution in [3.8, 4) is 0 Å². The Labute approximate surface area is 158 Å². The minimum atomic E-state index is 0.0162. The molecule has 0 aromatic carbocycles. The normalized spacial score (nSPS) is 20.4. The van der Waals surface area contributed by atoms with E-state index in [-0.39, 0.29) is 11.8 Å². The van der Waals surface area contributed by atoms with E-state index in [0.717, 1.165) is 55.7 Å². The summed E-state index contributed by atoms with van der Waals surface area (Å²) in [5.74, 6) is 1.10. The molecule has 138 valence electrons. The Morgan fingerprint density at radius 3 is 2.85 bits per heavy atom. The molecule has 1 atom stereocenters. The molecule has 2 aliphatic rings. The molecule has 0 aliphatic carbocycles. The third kappa shape index (κ3) is 3.98. The van der Waals surface area contributed by atoms with Crippen LogP contribution in [0.5, 0.6) is 0 Å². The molecule has 2 fully saturated rings. The van der Waals surface area contributed by atoms with E-state index in [0.29, 0.717) is 6.54 Å². The van der Waals surface area contributed by atoms with Crippen molar-refractivity contribution < 1.29 is 4.79 Å². The molecule has 4 rings (SSSR count). The smallest absolute Gasteiger partial charge is 0.225 e. The number of nitrogens with one attached hydrogen (secondary N) is 1. The lowest BCUT2D eigenvalue weighted by Gasteiger charge is -2.32. The molecule has 2 aromatic heterocycles. The lowest BCUT2D eigenvalue weighted by atomic mass is 9.97. The Bertz CT molecular complexity index is 729. The molecule has 0 radical (unpaired) electrons. The van der Waals surface area contributed by atoms with Gasteiger partial charge in [0, 0.05) is 37.8 Å². The number of piperidine rings is 1. The van der Waals surface area contributed by atoms with Gasteiger partial charge in [0.1, 0.15) is 5.82 Å². The monoisotopic (exact) mass is 371 g/mol. The molecular formula is C19H25N5OS. The van der Waals surface area contributed by atoms with Crippen molar-refractivity contribution in [1.82, 2.24) is 15.3 Å². The predicted octanol–water partition coefficient (Wildman–Crippen LogP) is 2.67. The molecule has 0 spiro atoms. The zero-order valence-electron chi connectivity index (χ0n) is 14.9. The van der Waals surface area contributed by atoms with Crippen LogP contribution in [0.2, 0.25) is 0 Å². The van der Waals surface area contributed by atoms with E-state index in [2.05, 4.69) is 30.5 Å². The van der Waals surface area contributed by atoms with Gasteiger partial charge in [0.25, 0.3) is 0 Å². The van der Waals surface area contributed by atoms with Crippen molar-refractivity contribution in [2.45, 2.75) is 32.2 Å². The maximum Gasteiger partial charge on any atom is 0.225 e. The van der Waals surface area contributed by atoms with Crippen LogP contribution < -0.4 is 15.1 Å². The van der Waals surface area contributed by atoms with Gasteiger partial charge in [-0.05, 0) is 37.8 Å². The first-order valence-corrected chi connectivity index (χ1v) is 10.3. The Kier molecular flexibility index (Phi) is 5.34. The highest BCUT2D eigenvalue weighted by molar-refractivity contribution is 7.13. The number of nitrogens with zero attached hydrogens (tertiary/aromatic N) is 4. The van der Waals surface area contributed by atoms with E-state index < -0.39 is 0 Å². The van der Waals surface area contributed by atoms with E-state index in [9.17, 15) is 4.79 Å². The third-order valence-electron chi connectivity index (χ3n) is 5.13. The number of amides is 1. The van der Waals surface area contributed by atoms with Crippen LogP contribution in [0.1, 0.15) is 31.4 Å². The van der Waals surface area contributed by atoms with E-state index >= 15 is 0 Å². The largest absolute Gasteiger partial charge is 0.356 e. The molecule has 2 aromatic rings. The molecule has 2 saturated heterocycles. The molecule has 0 bridgehead atoms. The average Bonchev–Trinajstić information content (AvgIpc) is 3.38. The number of carbonyl (C=O) groups excluding carboxylic acids is 1. The van der Waals surface area contributed by atoms with E-state index in [1.165, 1.54) is 12.8 Å². The van der Waals surface area contributed by atoms with Crippen molar-refractivity contribution in [3.05, 3.63) is 35.5 Å². The van der Waals surface area contributed by atoms with Crippen LogP contribution in [-0.2, 0) is 11.3 Å². The summed E-state index contributed by atoms with van der Waals surface area (Å²) in [7, 11) is 0. The van der Waals surface area contributed by atoms with Gasteiger partial charge in [0.2, 0.25) is 5.91 Å². The van der Waals surface area contributed by atoms with E-state index in [1.807, 2.05) is 18.2 Å². The Balaban J connectivity index is 1.30. The van der Waals surface area contributed by atoms with Crippen molar-refractivity contribution in [2.75, 3.05) is 36.0 Å². The summed E-state index contributed by atoms with van der Waals surface area (Å²) < 4.78 is 0. The molecule has 7 heteroatoms. The van der Waals surface area contributed by atoms with Gasteiger partial charge < -0.3 is 15.1 Å². The number of anilines is 2. The van der Waals surface area contributed by atoms with Crippen molar-refractivity contribution in [2.24, 2.45) is 5.92 Å². The van der Waals surface area contributed by atoms with Crippen molar-refractivity contribution in [1.29, 1.82) is 0 Å². The van der Waals surface area contributed by atoms with Gasteiger partial charge in [-0.15, -0.1) is 11.3 Å². The first kappa shape index (κ1) is 17.3. The minimum Gasteiger partial charge on any atom is -0.356 e. The average molecular weight is 372 g/mol. The molecule has 1 amide bonds. The number of hydrogen-bond donors (Lipinski definition) is 1. The first-order chi connectivity index (χ1) is 12.8. The number of pyridine rings is 1. The van der Waals surface area contributed by atoms with Crippen molar-refractivity contribution in [3.63, 3.8) is 0 Å². The second-order valence-corrected chi connectivity index (χ2v) is 7.84. The molecule has 26 heavy (non-hydrogen) atoms. The predicted molar refractivity (Wildman–Crippen MR) is 105 cm³/mol. The standard InChI is InChI=1S/C19H25N5OS/c25-18(15-6-5-11-24(13-15)17-7-1-2-8-20-17)21-12-16-14-26-19(22-16)23-9-3-4-10-23/h1-2,7-8,14-15H,3-6,9-13H2,(H,21,25). The van der Waals surface area contributed by atoms with Crippen LogP contribution in [-0.4, -0.2) is 42.1 Å². The van der Waals surface area contributed by atoms with Gasteiger partial charge in [0.05, 0.1) is 18.2 Å². The second-order valence-electron chi connectivity index (χ2n) is 7.01.